The monoisotopic (exact) mass is 261 g/mol. The van der Waals surface area contributed by atoms with Crippen LogP contribution in [0.1, 0.15) is 66.2 Å². The molecule has 0 amide bonds. The van der Waals surface area contributed by atoms with Crippen LogP contribution in [0, 0.1) is 5.41 Å². The molecule has 1 rings (SSSR count). The van der Waals surface area contributed by atoms with Crippen LogP contribution < -0.4 is 0 Å². The summed E-state index contributed by atoms with van der Waals surface area (Å²) in [4.78, 5) is 0. The summed E-state index contributed by atoms with van der Waals surface area (Å²) in [6.45, 7) is 9.22. The van der Waals surface area contributed by atoms with Gasteiger partial charge in [0.05, 0.1) is 0 Å². The van der Waals surface area contributed by atoms with E-state index in [9.17, 15) is 0 Å². The Morgan fingerprint density at radius 1 is 1.25 bits per heavy atom. The molecule has 0 aromatic rings. The molecule has 0 unspecified atom stereocenters. The molecule has 0 N–H and O–H groups in total. The van der Waals surface area contributed by atoms with Gasteiger partial charge in [-0.25, -0.2) is 0 Å². The normalized spacial score (nSPS) is 16.9. The van der Waals surface area contributed by atoms with Gasteiger partial charge in [0.1, 0.15) is 0 Å². The zero-order valence-electron chi connectivity index (χ0n) is 11.2. The van der Waals surface area contributed by atoms with Crippen molar-refractivity contribution in [2.24, 2.45) is 5.41 Å². The fourth-order valence-electron chi connectivity index (χ4n) is 2.22. The maximum atomic E-state index is 4.21. The number of hydrogen-bond donors (Lipinski definition) is 0. The van der Waals surface area contributed by atoms with Crippen molar-refractivity contribution in [1.29, 1.82) is 0 Å². The first-order valence-corrected chi connectivity index (χ1v) is 7.05. The van der Waals surface area contributed by atoms with Crippen molar-refractivity contribution in [2.75, 3.05) is 0 Å². The number of unbranched alkanes of at least 4 members (excludes halogenated alkanes) is 2. The zero-order chi connectivity index (χ0) is 12.2. The van der Waals surface area contributed by atoms with E-state index in [0.717, 1.165) is 6.42 Å². The van der Waals surface area contributed by atoms with E-state index in [1.807, 2.05) is 0 Å². The van der Waals surface area contributed by atoms with Gasteiger partial charge < -0.3 is 0 Å². The van der Waals surface area contributed by atoms with E-state index in [0.29, 0.717) is 5.41 Å². The molecule has 0 bridgehead atoms. The third-order valence-corrected chi connectivity index (χ3v) is 3.54. The van der Waals surface area contributed by atoms with Crippen LogP contribution in [-0.2, 0) is 16.0 Å². The van der Waals surface area contributed by atoms with Gasteiger partial charge in [-0.1, -0.05) is 0 Å². The topological polar surface area (TPSA) is 0 Å². The molecular formula is C15H25Fe. The predicted molar refractivity (Wildman–Crippen MR) is 67.9 cm³/mol. The van der Waals surface area contributed by atoms with E-state index < -0.39 is 0 Å². The van der Waals surface area contributed by atoms with Gasteiger partial charge in [-0.3, -0.25) is 0 Å². The molecule has 0 aliphatic heterocycles. The third kappa shape index (κ3) is 4.47. The molecule has 0 aromatic heterocycles. The molecule has 0 saturated heterocycles. The quantitative estimate of drug-likeness (QED) is 0.475. The first-order valence-electron chi connectivity index (χ1n) is 6.50. The average molecular weight is 261 g/mol. The Balaban J connectivity index is 2.58. The molecule has 0 heterocycles. The Hall–Kier alpha value is -0.000519. The predicted octanol–water partition coefficient (Wildman–Crippen LogP) is 5.13. The van der Waals surface area contributed by atoms with Gasteiger partial charge in [-0.15, -0.1) is 0 Å². The van der Waals surface area contributed by atoms with Gasteiger partial charge in [-0.05, 0) is 0 Å². The van der Waals surface area contributed by atoms with Gasteiger partial charge in [0, 0.05) is 0 Å². The van der Waals surface area contributed by atoms with Crippen molar-refractivity contribution >= 4 is 0 Å². The zero-order valence-corrected chi connectivity index (χ0v) is 12.3. The molecule has 0 spiro atoms. The number of rotatable bonds is 5. The average Bonchev–Trinajstić information content (AvgIpc) is 2.47. The van der Waals surface area contributed by atoms with E-state index in [1.165, 1.54) is 36.6 Å². The van der Waals surface area contributed by atoms with Crippen LogP contribution in [0.2, 0.25) is 0 Å². The van der Waals surface area contributed by atoms with E-state index in [1.54, 1.807) is 11.1 Å². The van der Waals surface area contributed by atoms with Gasteiger partial charge in [0.2, 0.25) is 0 Å². The Morgan fingerprint density at radius 2 is 1.94 bits per heavy atom. The number of hydrogen-bond acceptors (Lipinski definition) is 0. The fraction of sp³-hybridized carbons (Fsp3) is 0.733. The second-order valence-electron chi connectivity index (χ2n) is 6.00. The van der Waals surface area contributed by atoms with Crippen LogP contribution in [-0.4, -0.2) is 0 Å². The van der Waals surface area contributed by atoms with Crippen molar-refractivity contribution in [3.8, 4) is 0 Å². The van der Waals surface area contributed by atoms with Gasteiger partial charge in [-0.2, -0.15) is 0 Å². The molecule has 0 atom stereocenters. The van der Waals surface area contributed by atoms with E-state index >= 15 is 0 Å². The maximum absolute atomic E-state index is 4.21. The molecule has 0 nitrogen and oxygen atoms in total. The Bertz CT molecular complexity index is 289. The SMILES string of the molecule is CCCCCC1=[C]([Fe])CC=C1CC(C)(C)C. The van der Waals surface area contributed by atoms with Crippen LogP contribution in [0.3, 0.4) is 0 Å². The standard InChI is InChI=1S/C15H25.Fe/c1-5-6-7-9-13-10-8-11-14(13)12-15(2,3)4;/h11H,5-9,12H2,1-4H3;. The third-order valence-electron chi connectivity index (χ3n) is 2.98. The van der Waals surface area contributed by atoms with Crippen molar-refractivity contribution < 1.29 is 16.0 Å². The van der Waals surface area contributed by atoms with E-state index in [-0.39, 0.29) is 0 Å². The minimum absolute atomic E-state index is 0.395. The summed E-state index contributed by atoms with van der Waals surface area (Å²) in [5, 5.41) is 0. The van der Waals surface area contributed by atoms with Gasteiger partial charge in [0.15, 0.2) is 0 Å². The number of allylic oxidation sites excluding steroid dienone is 4. The molecule has 0 fully saturated rings. The molecule has 0 radical (unpaired) electrons. The summed E-state index contributed by atoms with van der Waals surface area (Å²) in [7, 11) is 0. The van der Waals surface area contributed by atoms with E-state index in [2.05, 4.69) is 49.8 Å². The summed E-state index contributed by atoms with van der Waals surface area (Å²) >= 11 is 4.21. The summed E-state index contributed by atoms with van der Waals surface area (Å²) in [5.41, 5.74) is 3.55. The van der Waals surface area contributed by atoms with Gasteiger partial charge >= 0.3 is 109 Å². The van der Waals surface area contributed by atoms with Crippen molar-refractivity contribution in [3.05, 3.63) is 21.7 Å². The minimum atomic E-state index is 0.395. The van der Waals surface area contributed by atoms with Crippen molar-refractivity contribution in [2.45, 2.75) is 66.2 Å². The summed E-state index contributed by atoms with van der Waals surface area (Å²) in [6, 6.07) is 0. The summed E-state index contributed by atoms with van der Waals surface area (Å²) < 4.78 is 1.37. The Labute approximate surface area is 109 Å². The molecule has 16 heavy (non-hydrogen) atoms. The van der Waals surface area contributed by atoms with Gasteiger partial charge in [0.25, 0.3) is 0 Å². The van der Waals surface area contributed by atoms with Crippen LogP contribution in [0.15, 0.2) is 21.7 Å². The molecular weight excluding hydrogens is 236 g/mol. The van der Waals surface area contributed by atoms with E-state index in [4.69, 9.17) is 0 Å². The van der Waals surface area contributed by atoms with Crippen molar-refractivity contribution in [3.63, 3.8) is 0 Å². The summed E-state index contributed by atoms with van der Waals surface area (Å²) in [6.07, 6.45) is 9.91. The first kappa shape index (κ1) is 14.1. The van der Waals surface area contributed by atoms with Crippen LogP contribution in [0.25, 0.3) is 0 Å². The van der Waals surface area contributed by atoms with Crippen molar-refractivity contribution in [1.82, 2.24) is 0 Å². The summed E-state index contributed by atoms with van der Waals surface area (Å²) in [5.74, 6) is 0. The molecule has 1 aliphatic carbocycles. The molecule has 0 saturated carbocycles. The second-order valence-corrected chi connectivity index (χ2v) is 6.66. The van der Waals surface area contributed by atoms with Crippen LogP contribution in [0.4, 0.5) is 0 Å². The Morgan fingerprint density at radius 3 is 2.50 bits per heavy atom. The first-order chi connectivity index (χ1) is 7.44. The van der Waals surface area contributed by atoms with Crippen LogP contribution >= 0.6 is 0 Å². The Kier molecular flexibility index (Phi) is 5.34. The molecule has 1 heteroatoms. The molecule has 93 valence electrons. The van der Waals surface area contributed by atoms with Crippen LogP contribution in [0.5, 0.6) is 0 Å². The second kappa shape index (κ2) is 6.07. The molecule has 0 aromatic carbocycles. The fourth-order valence-corrected chi connectivity index (χ4v) is 2.65. The molecule has 1 aliphatic rings.